The Bertz CT molecular complexity index is 1380. The van der Waals surface area contributed by atoms with Gasteiger partial charge in [-0.25, -0.2) is 4.99 Å². The van der Waals surface area contributed by atoms with Crippen LogP contribution in [0, 0.1) is 0 Å². The largest absolute Gasteiger partial charge is 0.386 e. The number of amides is 1. The fourth-order valence-corrected chi connectivity index (χ4v) is 6.32. The van der Waals surface area contributed by atoms with E-state index in [1.54, 1.807) is 28.8 Å². The summed E-state index contributed by atoms with van der Waals surface area (Å²) >= 11 is 2.98. The van der Waals surface area contributed by atoms with Gasteiger partial charge in [0.05, 0.1) is 28.6 Å². The summed E-state index contributed by atoms with van der Waals surface area (Å²) in [6.45, 7) is 1.94. The van der Waals surface area contributed by atoms with E-state index in [0.29, 0.717) is 27.9 Å². The number of fused-ring (bicyclic) bond motifs is 1. The lowest BCUT2D eigenvalue weighted by Gasteiger charge is -2.17. The SMILES string of the molecule is CNc1ccc(C(C)=O)cc1/N=C1\S/C(=C2\Sc3ccccc3N2C)C(=O)N1Cc1ccccc1. The molecule has 0 radical (unpaired) electrons. The van der Waals surface area contributed by atoms with Crippen LogP contribution in [-0.4, -0.2) is 35.9 Å². The number of rotatable bonds is 5. The molecule has 8 heteroatoms. The van der Waals surface area contributed by atoms with Gasteiger partial charge < -0.3 is 10.2 Å². The van der Waals surface area contributed by atoms with Gasteiger partial charge in [0.15, 0.2) is 11.0 Å². The molecule has 6 nitrogen and oxygen atoms in total. The second kappa shape index (κ2) is 9.64. The van der Waals surface area contributed by atoms with Gasteiger partial charge >= 0.3 is 0 Å². The Kier molecular flexibility index (Phi) is 6.40. The topological polar surface area (TPSA) is 65.0 Å². The number of para-hydroxylation sites is 1. The van der Waals surface area contributed by atoms with Gasteiger partial charge in [0.2, 0.25) is 0 Å². The van der Waals surface area contributed by atoms with Gasteiger partial charge in [-0.2, -0.15) is 0 Å². The average Bonchev–Trinajstić information content (AvgIpc) is 3.36. The van der Waals surface area contributed by atoms with Crippen LogP contribution in [0.2, 0.25) is 0 Å². The van der Waals surface area contributed by atoms with E-state index in [-0.39, 0.29) is 11.7 Å². The lowest BCUT2D eigenvalue weighted by molar-refractivity contribution is -0.122. The summed E-state index contributed by atoms with van der Waals surface area (Å²) in [6, 6.07) is 23.4. The molecule has 0 bridgehead atoms. The first-order chi connectivity index (χ1) is 17.0. The van der Waals surface area contributed by atoms with Crippen molar-refractivity contribution in [1.82, 2.24) is 4.90 Å². The molecule has 0 saturated carbocycles. The minimum Gasteiger partial charge on any atom is -0.386 e. The molecule has 2 heterocycles. The number of thioether (sulfide) groups is 2. The average molecular weight is 501 g/mol. The van der Waals surface area contributed by atoms with Gasteiger partial charge in [0.25, 0.3) is 5.91 Å². The van der Waals surface area contributed by atoms with Crippen molar-refractivity contribution in [3.05, 3.63) is 93.9 Å². The molecule has 176 valence electrons. The minimum atomic E-state index is -0.0755. The lowest BCUT2D eigenvalue weighted by atomic mass is 10.1. The van der Waals surface area contributed by atoms with Crippen LogP contribution in [0.1, 0.15) is 22.8 Å². The number of anilines is 2. The van der Waals surface area contributed by atoms with Gasteiger partial charge in [0.1, 0.15) is 4.91 Å². The second-order valence-electron chi connectivity index (χ2n) is 8.17. The molecular formula is C27H24N4O2S2. The maximum atomic E-state index is 13.8. The smallest absolute Gasteiger partial charge is 0.269 e. The third-order valence-electron chi connectivity index (χ3n) is 5.87. The molecule has 0 atom stereocenters. The van der Waals surface area contributed by atoms with E-state index in [2.05, 4.69) is 22.3 Å². The highest BCUT2D eigenvalue weighted by molar-refractivity contribution is 8.19. The fraction of sp³-hybridized carbons (Fsp3) is 0.148. The number of benzene rings is 3. The molecule has 1 N–H and O–H groups in total. The van der Waals surface area contributed by atoms with Crippen LogP contribution in [0.15, 0.2) is 92.6 Å². The zero-order chi connectivity index (χ0) is 24.5. The molecule has 0 spiro atoms. The molecule has 0 unspecified atom stereocenters. The van der Waals surface area contributed by atoms with Crippen LogP contribution in [0.3, 0.4) is 0 Å². The van der Waals surface area contributed by atoms with Gasteiger partial charge in [-0.05, 0) is 54.6 Å². The number of nitrogens with one attached hydrogen (secondary N) is 1. The minimum absolute atomic E-state index is 0.0325. The quantitative estimate of drug-likeness (QED) is 0.337. The summed E-state index contributed by atoms with van der Waals surface area (Å²) in [5.74, 6) is -0.108. The number of Topliss-reactive ketones (excluding diaryl/α,β-unsaturated/α-hetero) is 1. The highest BCUT2D eigenvalue weighted by atomic mass is 32.2. The van der Waals surface area contributed by atoms with Gasteiger partial charge in [-0.15, -0.1) is 0 Å². The first-order valence-electron chi connectivity index (χ1n) is 11.2. The van der Waals surface area contributed by atoms with E-state index in [0.717, 1.165) is 26.9 Å². The number of hydrogen-bond donors (Lipinski definition) is 1. The normalized spacial score (nSPS) is 18.4. The molecule has 1 amide bonds. The Hall–Kier alpha value is -3.49. The monoisotopic (exact) mass is 500 g/mol. The van der Waals surface area contributed by atoms with Crippen LogP contribution in [0.4, 0.5) is 17.1 Å². The highest BCUT2D eigenvalue weighted by Gasteiger charge is 2.39. The highest BCUT2D eigenvalue weighted by Crippen LogP contribution is 2.50. The standard InChI is InChI=1S/C27H24N4O2S2/c1-17(32)19-13-14-20(28-2)21(15-19)29-27-31(16-18-9-5-4-6-10-18)25(33)24(35-27)26-30(3)22-11-7-8-12-23(22)34-26/h4-15,28H,16H2,1-3H3/b26-24-,29-27-. The Morgan fingerprint density at radius 3 is 2.46 bits per heavy atom. The van der Waals surface area contributed by atoms with E-state index in [4.69, 9.17) is 4.99 Å². The number of ketones is 1. The fourth-order valence-electron chi connectivity index (χ4n) is 3.98. The summed E-state index contributed by atoms with van der Waals surface area (Å²) in [6.07, 6.45) is 0. The number of amidine groups is 1. The molecule has 0 aromatic heterocycles. The molecule has 0 aliphatic carbocycles. The summed E-state index contributed by atoms with van der Waals surface area (Å²) in [5.41, 5.74) is 4.08. The molecule has 2 aliphatic rings. The van der Waals surface area contributed by atoms with Crippen molar-refractivity contribution in [3.63, 3.8) is 0 Å². The molecule has 35 heavy (non-hydrogen) atoms. The van der Waals surface area contributed by atoms with Gasteiger partial charge in [0, 0.05) is 24.6 Å². The maximum absolute atomic E-state index is 13.8. The lowest BCUT2D eigenvalue weighted by Crippen LogP contribution is -2.29. The van der Waals surface area contributed by atoms with E-state index >= 15 is 0 Å². The molecule has 1 saturated heterocycles. The third kappa shape index (κ3) is 4.47. The van der Waals surface area contributed by atoms with Crippen LogP contribution >= 0.6 is 23.5 Å². The first kappa shape index (κ1) is 23.3. The number of carbonyl (C=O) groups is 2. The maximum Gasteiger partial charge on any atom is 0.269 e. The van der Waals surface area contributed by atoms with Gasteiger partial charge in [-0.1, -0.05) is 54.2 Å². The molecular weight excluding hydrogens is 476 g/mol. The van der Waals surface area contributed by atoms with E-state index in [1.807, 2.05) is 62.6 Å². The number of nitrogens with zero attached hydrogens (tertiary/aromatic N) is 3. The Labute approximate surface area is 213 Å². The number of aliphatic imine (C=N–C) groups is 1. The second-order valence-corrected chi connectivity index (χ2v) is 10.2. The van der Waals surface area contributed by atoms with Crippen molar-refractivity contribution in [3.8, 4) is 0 Å². The predicted molar refractivity (Wildman–Crippen MR) is 145 cm³/mol. The number of hydrogen-bond acceptors (Lipinski definition) is 7. The van der Waals surface area contributed by atoms with Gasteiger partial charge in [-0.3, -0.25) is 14.5 Å². The summed E-state index contributed by atoms with van der Waals surface area (Å²) in [4.78, 5) is 36.3. The summed E-state index contributed by atoms with van der Waals surface area (Å²) in [5, 5.41) is 4.63. The Balaban J connectivity index is 1.60. The van der Waals surface area contributed by atoms with Crippen molar-refractivity contribution in [2.45, 2.75) is 18.4 Å². The molecule has 3 aromatic rings. The van der Waals surface area contributed by atoms with Crippen molar-refractivity contribution < 1.29 is 9.59 Å². The van der Waals surface area contributed by atoms with E-state index in [1.165, 1.54) is 18.7 Å². The van der Waals surface area contributed by atoms with Crippen molar-refractivity contribution in [1.29, 1.82) is 0 Å². The zero-order valence-electron chi connectivity index (χ0n) is 19.6. The molecule has 5 rings (SSSR count). The Morgan fingerprint density at radius 2 is 1.74 bits per heavy atom. The van der Waals surface area contributed by atoms with Crippen LogP contribution in [0.25, 0.3) is 0 Å². The van der Waals surface area contributed by atoms with Crippen LogP contribution in [-0.2, 0) is 11.3 Å². The zero-order valence-corrected chi connectivity index (χ0v) is 21.2. The summed E-state index contributed by atoms with van der Waals surface area (Å²) < 4.78 is 0. The van der Waals surface area contributed by atoms with E-state index < -0.39 is 0 Å². The van der Waals surface area contributed by atoms with Crippen molar-refractivity contribution >= 4 is 57.4 Å². The Morgan fingerprint density at radius 1 is 1.00 bits per heavy atom. The van der Waals surface area contributed by atoms with E-state index in [9.17, 15) is 9.59 Å². The molecule has 1 fully saturated rings. The molecule has 3 aromatic carbocycles. The first-order valence-corrected chi connectivity index (χ1v) is 12.8. The van der Waals surface area contributed by atoms with Crippen LogP contribution < -0.4 is 10.2 Å². The van der Waals surface area contributed by atoms with Crippen molar-refractivity contribution in [2.24, 2.45) is 4.99 Å². The van der Waals surface area contributed by atoms with Crippen molar-refractivity contribution in [2.75, 3.05) is 24.3 Å². The summed E-state index contributed by atoms with van der Waals surface area (Å²) in [7, 11) is 3.80. The predicted octanol–water partition coefficient (Wildman–Crippen LogP) is 6.11. The third-order valence-corrected chi connectivity index (χ3v) is 8.30. The molecule has 2 aliphatic heterocycles. The number of carbonyl (C=O) groups excluding carboxylic acids is 2. The van der Waals surface area contributed by atoms with Crippen LogP contribution in [0.5, 0.6) is 0 Å².